The van der Waals surface area contributed by atoms with Crippen molar-refractivity contribution in [1.29, 1.82) is 0 Å². The van der Waals surface area contributed by atoms with Crippen molar-refractivity contribution in [3.63, 3.8) is 0 Å². The molecule has 0 heterocycles. The van der Waals surface area contributed by atoms with Crippen LogP contribution in [0.4, 0.5) is 0 Å². The van der Waals surface area contributed by atoms with Gasteiger partial charge >= 0.3 is 0 Å². The molecule has 0 nitrogen and oxygen atoms in total. The Hall–Kier alpha value is -0.930. The maximum atomic E-state index is 5.81. The molecule has 1 heteroatoms. The van der Waals surface area contributed by atoms with Crippen molar-refractivity contribution in [1.82, 2.24) is 0 Å². The lowest BCUT2D eigenvalue weighted by Gasteiger charge is -1.94. The first kappa shape index (κ1) is 13.1. The van der Waals surface area contributed by atoms with Crippen molar-refractivity contribution in [3.05, 3.63) is 34.9 Å². The van der Waals surface area contributed by atoms with Gasteiger partial charge in [-0.3, -0.25) is 0 Å². The lowest BCUT2D eigenvalue weighted by atomic mass is 10.1. The Kier molecular flexibility index (Phi) is 6.77. The van der Waals surface area contributed by atoms with Crippen LogP contribution in [0.2, 0.25) is 5.02 Å². The molecule has 0 saturated carbocycles. The molecule has 0 atom stereocenters. The van der Waals surface area contributed by atoms with E-state index in [2.05, 4.69) is 18.8 Å². The monoisotopic (exact) mass is 234 g/mol. The smallest absolute Gasteiger partial charge is 0.0406 e. The number of unbranched alkanes of at least 4 members (excludes halogenated alkanes) is 4. The van der Waals surface area contributed by atoms with E-state index in [1.54, 1.807) is 0 Å². The molecule has 1 rings (SSSR count). The van der Waals surface area contributed by atoms with Crippen LogP contribution in [-0.4, -0.2) is 0 Å². The van der Waals surface area contributed by atoms with Gasteiger partial charge in [0.15, 0.2) is 0 Å². The predicted octanol–water partition coefficient (Wildman–Crippen LogP) is 4.86. The molecule has 86 valence electrons. The summed E-state index contributed by atoms with van der Waals surface area (Å²) in [5.41, 5.74) is 1.24. The van der Waals surface area contributed by atoms with Gasteiger partial charge in [-0.1, -0.05) is 55.8 Å². The number of hydrogen-bond acceptors (Lipinski definition) is 0. The molecule has 0 unspecified atom stereocenters. The second-order valence-corrected chi connectivity index (χ2v) is 4.40. The van der Waals surface area contributed by atoms with Crippen molar-refractivity contribution in [3.8, 4) is 11.8 Å². The Morgan fingerprint density at radius 3 is 2.44 bits per heavy atom. The number of rotatable bonds is 5. The molecule has 0 aliphatic rings. The second kappa shape index (κ2) is 8.25. The molecule has 0 amide bonds. The first-order valence-electron chi connectivity index (χ1n) is 6.03. The van der Waals surface area contributed by atoms with Crippen LogP contribution < -0.4 is 0 Å². The van der Waals surface area contributed by atoms with E-state index < -0.39 is 0 Å². The van der Waals surface area contributed by atoms with Crippen LogP contribution >= 0.6 is 11.6 Å². The maximum Gasteiger partial charge on any atom is 0.0406 e. The van der Waals surface area contributed by atoms with Gasteiger partial charge in [-0.2, -0.15) is 0 Å². The summed E-state index contributed by atoms with van der Waals surface area (Å²) in [6.07, 6.45) is 7.04. The zero-order valence-corrected chi connectivity index (χ0v) is 10.7. The summed E-state index contributed by atoms with van der Waals surface area (Å²) in [6, 6.07) is 7.90. The first-order chi connectivity index (χ1) is 7.83. The van der Waals surface area contributed by atoms with E-state index in [1.165, 1.54) is 31.2 Å². The van der Waals surface area contributed by atoms with Crippen LogP contribution in [0.15, 0.2) is 24.3 Å². The van der Waals surface area contributed by atoms with Crippen molar-refractivity contribution in [2.45, 2.75) is 45.4 Å². The van der Waals surface area contributed by atoms with Crippen molar-refractivity contribution in [2.75, 3.05) is 0 Å². The Morgan fingerprint density at radius 1 is 1.00 bits per heavy atom. The fourth-order valence-electron chi connectivity index (χ4n) is 1.50. The van der Waals surface area contributed by atoms with E-state index in [1.807, 2.05) is 24.3 Å². The topological polar surface area (TPSA) is 0 Å². The molecule has 0 spiro atoms. The van der Waals surface area contributed by atoms with Crippen LogP contribution in [0.5, 0.6) is 0 Å². The third-order valence-corrected chi connectivity index (χ3v) is 2.74. The van der Waals surface area contributed by atoms with Gasteiger partial charge in [-0.25, -0.2) is 0 Å². The summed E-state index contributed by atoms with van der Waals surface area (Å²) in [5.74, 6) is 6.43. The number of benzene rings is 1. The highest BCUT2D eigenvalue weighted by atomic mass is 35.5. The minimum atomic E-state index is 0.788. The molecule has 0 aliphatic heterocycles. The Bertz CT molecular complexity index is 340. The van der Waals surface area contributed by atoms with Crippen molar-refractivity contribution in [2.24, 2.45) is 0 Å². The van der Waals surface area contributed by atoms with Gasteiger partial charge in [0, 0.05) is 17.9 Å². The van der Waals surface area contributed by atoms with Crippen molar-refractivity contribution < 1.29 is 0 Å². The third kappa shape index (κ3) is 5.83. The molecule has 0 N–H and O–H groups in total. The highest BCUT2D eigenvalue weighted by Gasteiger charge is 1.89. The van der Waals surface area contributed by atoms with E-state index >= 15 is 0 Å². The highest BCUT2D eigenvalue weighted by Crippen LogP contribution is 2.09. The van der Waals surface area contributed by atoms with Crippen LogP contribution in [0.1, 0.15) is 44.6 Å². The predicted molar refractivity (Wildman–Crippen MR) is 71.7 cm³/mol. The molecule has 0 fully saturated rings. The second-order valence-electron chi connectivity index (χ2n) is 3.97. The van der Waals surface area contributed by atoms with Crippen LogP contribution in [0.25, 0.3) is 0 Å². The molecule has 0 aromatic heterocycles. The summed E-state index contributed by atoms with van der Waals surface area (Å²) in [6.45, 7) is 2.23. The fraction of sp³-hybridized carbons (Fsp3) is 0.467. The summed E-state index contributed by atoms with van der Waals surface area (Å²) < 4.78 is 0. The fourth-order valence-corrected chi connectivity index (χ4v) is 1.62. The Balaban J connectivity index is 2.19. The normalized spacial score (nSPS) is 9.62. The number of hydrogen-bond donors (Lipinski definition) is 0. The zero-order chi connectivity index (χ0) is 11.6. The van der Waals surface area contributed by atoms with Crippen molar-refractivity contribution >= 4 is 11.6 Å². The average Bonchev–Trinajstić information content (AvgIpc) is 2.30. The van der Waals surface area contributed by atoms with E-state index in [0.717, 1.165) is 17.9 Å². The van der Waals surface area contributed by atoms with E-state index in [9.17, 15) is 0 Å². The molecular weight excluding hydrogens is 216 g/mol. The van der Waals surface area contributed by atoms with Crippen LogP contribution in [0, 0.1) is 11.8 Å². The highest BCUT2D eigenvalue weighted by molar-refractivity contribution is 6.30. The minimum absolute atomic E-state index is 0.788. The quantitative estimate of drug-likeness (QED) is 0.504. The molecule has 0 aliphatic carbocycles. The third-order valence-electron chi connectivity index (χ3n) is 2.49. The van der Waals surface area contributed by atoms with Gasteiger partial charge in [0.25, 0.3) is 0 Å². The van der Waals surface area contributed by atoms with Gasteiger partial charge in [-0.15, -0.1) is 5.92 Å². The van der Waals surface area contributed by atoms with Gasteiger partial charge in [-0.05, 0) is 24.1 Å². The maximum absolute atomic E-state index is 5.81. The van der Waals surface area contributed by atoms with Gasteiger partial charge in [0.1, 0.15) is 0 Å². The molecular formula is C15H19Cl. The molecule has 0 saturated heterocycles. The Labute approximate surface area is 104 Å². The van der Waals surface area contributed by atoms with Gasteiger partial charge < -0.3 is 0 Å². The summed E-state index contributed by atoms with van der Waals surface area (Å²) in [7, 11) is 0. The zero-order valence-electron chi connectivity index (χ0n) is 9.93. The molecule has 0 bridgehead atoms. The molecule has 16 heavy (non-hydrogen) atoms. The minimum Gasteiger partial charge on any atom is -0.103 e. The van der Waals surface area contributed by atoms with E-state index in [4.69, 9.17) is 11.6 Å². The van der Waals surface area contributed by atoms with Gasteiger partial charge in [0.2, 0.25) is 0 Å². The van der Waals surface area contributed by atoms with E-state index in [0.29, 0.717) is 0 Å². The van der Waals surface area contributed by atoms with Crippen LogP contribution in [-0.2, 0) is 6.42 Å². The largest absolute Gasteiger partial charge is 0.103 e. The summed E-state index contributed by atoms with van der Waals surface area (Å²) in [5, 5.41) is 0.788. The van der Waals surface area contributed by atoms with Crippen LogP contribution in [0.3, 0.4) is 0 Å². The lowest BCUT2D eigenvalue weighted by molar-refractivity contribution is 0.679. The average molecular weight is 235 g/mol. The lowest BCUT2D eigenvalue weighted by Crippen LogP contribution is -1.80. The summed E-state index contributed by atoms with van der Waals surface area (Å²) >= 11 is 5.81. The SMILES string of the molecule is CCCCCCC#CCc1ccc(Cl)cc1. The molecule has 0 radical (unpaired) electrons. The Morgan fingerprint density at radius 2 is 1.75 bits per heavy atom. The van der Waals surface area contributed by atoms with Gasteiger partial charge in [0.05, 0.1) is 0 Å². The first-order valence-corrected chi connectivity index (χ1v) is 6.41. The number of halogens is 1. The molecule has 1 aromatic rings. The summed E-state index contributed by atoms with van der Waals surface area (Å²) in [4.78, 5) is 0. The van der Waals surface area contributed by atoms with E-state index in [-0.39, 0.29) is 0 Å². The molecule has 1 aromatic carbocycles. The standard InChI is InChI=1S/C15H19Cl/c1-2-3-4-5-6-7-8-9-14-10-12-15(16)13-11-14/h10-13H,2-6,9H2,1H3.